The molecule has 20 heavy (non-hydrogen) atoms. The van der Waals surface area contributed by atoms with Gasteiger partial charge in [-0.2, -0.15) is 0 Å². The van der Waals surface area contributed by atoms with Crippen LogP contribution < -0.4 is 10.5 Å². The van der Waals surface area contributed by atoms with Crippen molar-refractivity contribution in [2.45, 2.75) is 11.8 Å². The predicted molar refractivity (Wildman–Crippen MR) is 77.8 cm³/mol. The second-order valence-corrected chi connectivity index (χ2v) is 6.31. The fraction of sp³-hybridized carbons (Fsp3) is 0.0769. The third kappa shape index (κ3) is 3.02. The summed E-state index contributed by atoms with van der Waals surface area (Å²) in [5, 5.41) is 0.108. The van der Waals surface area contributed by atoms with E-state index >= 15 is 0 Å². The van der Waals surface area contributed by atoms with Crippen LogP contribution in [0, 0.1) is 12.7 Å². The number of halogens is 2. The van der Waals surface area contributed by atoms with Crippen LogP contribution in [0.1, 0.15) is 5.56 Å². The first kappa shape index (κ1) is 14.6. The van der Waals surface area contributed by atoms with Crippen molar-refractivity contribution in [1.29, 1.82) is 0 Å². The summed E-state index contributed by atoms with van der Waals surface area (Å²) in [7, 11) is -3.89. The van der Waals surface area contributed by atoms with Gasteiger partial charge in [0.1, 0.15) is 5.82 Å². The maximum atomic E-state index is 13.2. The van der Waals surface area contributed by atoms with E-state index in [9.17, 15) is 12.8 Å². The number of aryl methyl sites for hydroxylation is 1. The highest BCUT2D eigenvalue weighted by atomic mass is 35.5. The highest BCUT2D eigenvalue weighted by Crippen LogP contribution is 2.27. The fourth-order valence-corrected chi connectivity index (χ4v) is 3.25. The van der Waals surface area contributed by atoms with E-state index in [-0.39, 0.29) is 15.6 Å². The Labute approximate surface area is 121 Å². The van der Waals surface area contributed by atoms with Crippen molar-refractivity contribution >= 4 is 33.0 Å². The molecule has 106 valence electrons. The zero-order valence-corrected chi connectivity index (χ0v) is 12.1. The van der Waals surface area contributed by atoms with E-state index in [1.54, 1.807) is 19.1 Å². The van der Waals surface area contributed by atoms with Gasteiger partial charge in [-0.3, -0.25) is 4.72 Å². The molecule has 0 saturated heterocycles. The normalized spacial score (nSPS) is 11.3. The molecule has 0 radical (unpaired) electrons. The third-order valence-electron chi connectivity index (χ3n) is 2.67. The van der Waals surface area contributed by atoms with Gasteiger partial charge in [0.05, 0.1) is 15.6 Å². The van der Waals surface area contributed by atoms with Gasteiger partial charge in [0.25, 0.3) is 10.0 Å². The Hall–Kier alpha value is -1.79. The molecule has 4 nitrogen and oxygen atoms in total. The summed E-state index contributed by atoms with van der Waals surface area (Å²) in [5.74, 6) is -0.587. The molecule has 0 heterocycles. The standard InChI is InChI=1S/C13H12ClFN2O2S/c1-8-2-4-10(16)7-13(8)20(18,19)17-12-6-9(15)3-5-11(12)14/h2-7,17H,16H2,1H3. The van der Waals surface area contributed by atoms with E-state index in [2.05, 4.69) is 4.72 Å². The van der Waals surface area contributed by atoms with Crippen LogP contribution in [0.3, 0.4) is 0 Å². The van der Waals surface area contributed by atoms with Crippen molar-refractivity contribution < 1.29 is 12.8 Å². The van der Waals surface area contributed by atoms with Crippen molar-refractivity contribution in [3.8, 4) is 0 Å². The molecular weight excluding hydrogens is 303 g/mol. The van der Waals surface area contributed by atoms with E-state index in [4.69, 9.17) is 17.3 Å². The second-order valence-electron chi connectivity index (χ2n) is 4.25. The summed E-state index contributed by atoms with van der Waals surface area (Å²) < 4.78 is 40.0. The Balaban J connectivity index is 2.46. The number of benzene rings is 2. The SMILES string of the molecule is Cc1ccc(N)cc1S(=O)(=O)Nc1cc(F)ccc1Cl. The van der Waals surface area contributed by atoms with Crippen molar-refractivity contribution in [2.75, 3.05) is 10.5 Å². The molecule has 2 rings (SSSR count). The summed E-state index contributed by atoms with van der Waals surface area (Å²) in [6.07, 6.45) is 0. The molecule has 0 saturated carbocycles. The van der Waals surface area contributed by atoms with Gasteiger partial charge in [-0.05, 0) is 42.8 Å². The lowest BCUT2D eigenvalue weighted by Crippen LogP contribution is -2.15. The Morgan fingerprint density at radius 2 is 1.90 bits per heavy atom. The van der Waals surface area contributed by atoms with E-state index in [1.165, 1.54) is 12.1 Å². The molecule has 0 atom stereocenters. The van der Waals surface area contributed by atoms with Gasteiger partial charge < -0.3 is 5.73 Å². The monoisotopic (exact) mass is 314 g/mol. The lowest BCUT2D eigenvalue weighted by Gasteiger charge is -2.12. The Morgan fingerprint density at radius 3 is 2.60 bits per heavy atom. The largest absolute Gasteiger partial charge is 0.399 e. The van der Waals surface area contributed by atoms with Crippen LogP contribution in [0.25, 0.3) is 0 Å². The first-order chi connectivity index (χ1) is 9.29. The molecule has 0 unspecified atom stereocenters. The fourth-order valence-electron chi connectivity index (χ4n) is 1.68. The number of hydrogen-bond donors (Lipinski definition) is 2. The lowest BCUT2D eigenvalue weighted by molar-refractivity contribution is 0.600. The van der Waals surface area contributed by atoms with E-state index in [0.717, 1.165) is 12.1 Å². The quantitative estimate of drug-likeness (QED) is 0.855. The average molecular weight is 315 g/mol. The number of nitrogens with one attached hydrogen (secondary N) is 1. The molecule has 2 aromatic rings. The van der Waals surface area contributed by atoms with Crippen molar-refractivity contribution in [3.05, 3.63) is 52.8 Å². The summed E-state index contributed by atoms with van der Waals surface area (Å²) in [5.41, 5.74) is 6.42. The van der Waals surface area contributed by atoms with Crippen LogP contribution in [-0.4, -0.2) is 8.42 Å². The van der Waals surface area contributed by atoms with Gasteiger partial charge in [0.2, 0.25) is 0 Å². The number of nitrogens with two attached hydrogens (primary N) is 1. The summed E-state index contributed by atoms with van der Waals surface area (Å²) in [6.45, 7) is 1.64. The second kappa shape index (κ2) is 5.30. The Morgan fingerprint density at radius 1 is 1.20 bits per heavy atom. The highest BCUT2D eigenvalue weighted by molar-refractivity contribution is 7.92. The number of nitrogen functional groups attached to an aromatic ring is 1. The molecule has 3 N–H and O–H groups in total. The molecule has 2 aromatic carbocycles. The maximum absolute atomic E-state index is 13.2. The van der Waals surface area contributed by atoms with Crippen LogP contribution in [0.15, 0.2) is 41.3 Å². The summed E-state index contributed by atoms with van der Waals surface area (Å²) >= 11 is 5.84. The Kier molecular flexibility index (Phi) is 3.87. The van der Waals surface area contributed by atoms with E-state index in [0.29, 0.717) is 11.3 Å². The molecule has 0 amide bonds. The third-order valence-corrected chi connectivity index (χ3v) is 4.51. The first-order valence-corrected chi connectivity index (χ1v) is 7.50. The average Bonchev–Trinajstić information content (AvgIpc) is 2.36. The van der Waals surface area contributed by atoms with Crippen LogP contribution in [0.5, 0.6) is 0 Å². The van der Waals surface area contributed by atoms with Crippen LogP contribution in [-0.2, 0) is 10.0 Å². The zero-order chi connectivity index (χ0) is 14.9. The molecule has 0 aliphatic carbocycles. The minimum Gasteiger partial charge on any atom is -0.399 e. The van der Waals surface area contributed by atoms with Crippen LogP contribution in [0.2, 0.25) is 5.02 Å². The van der Waals surface area contributed by atoms with Crippen LogP contribution >= 0.6 is 11.6 Å². The molecule has 7 heteroatoms. The van der Waals surface area contributed by atoms with Crippen LogP contribution in [0.4, 0.5) is 15.8 Å². The minimum atomic E-state index is -3.89. The van der Waals surface area contributed by atoms with Gasteiger partial charge in [0.15, 0.2) is 0 Å². The smallest absolute Gasteiger partial charge is 0.262 e. The molecule has 0 fully saturated rings. The minimum absolute atomic E-state index is 0.0199. The zero-order valence-electron chi connectivity index (χ0n) is 10.5. The summed E-state index contributed by atoms with van der Waals surface area (Å²) in [4.78, 5) is 0.0258. The molecule has 0 spiro atoms. The maximum Gasteiger partial charge on any atom is 0.262 e. The molecule has 0 aliphatic heterocycles. The van der Waals surface area contributed by atoms with Gasteiger partial charge >= 0.3 is 0 Å². The summed E-state index contributed by atoms with van der Waals surface area (Å²) in [6, 6.07) is 7.97. The Bertz CT molecular complexity index is 763. The lowest BCUT2D eigenvalue weighted by atomic mass is 10.2. The molecular formula is C13H12ClFN2O2S. The van der Waals surface area contributed by atoms with E-state index in [1.807, 2.05) is 0 Å². The van der Waals surface area contributed by atoms with Crippen molar-refractivity contribution in [3.63, 3.8) is 0 Å². The van der Waals surface area contributed by atoms with Crippen molar-refractivity contribution in [1.82, 2.24) is 0 Å². The number of anilines is 2. The van der Waals surface area contributed by atoms with Gasteiger partial charge in [0, 0.05) is 5.69 Å². The van der Waals surface area contributed by atoms with Gasteiger partial charge in [-0.15, -0.1) is 0 Å². The van der Waals surface area contributed by atoms with Gasteiger partial charge in [-0.1, -0.05) is 17.7 Å². The van der Waals surface area contributed by atoms with Gasteiger partial charge in [-0.25, -0.2) is 12.8 Å². The predicted octanol–water partition coefficient (Wildman–Crippen LogP) is 3.17. The van der Waals surface area contributed by atoms with Crippen molar-refractivity contribution in [2.24, 2.45) is 0 Å². The highest BCUT2D eigenvalue weighted by Gasteiger charge is 2.18. The van der Waals surface area contributed by atoms with E-state index < -0.39 is 15.8 Å². The number of sulfonamides is 1. The molecule has 0 bridgehead atoms. The topological polar surface area (TPSA) is 72.2 Å². The number of rotatable bonds is 3. The first-order valence-electron chi connectivity index (χ1n) is 5.63. The molecule has 0 aromatic heterocycles. The molecule has 0 aliphatic rings. The number of hydrogen-bond acceptors (Lipinski definition) is 3.